The van der Waals surface area contributed by atoms with Gasteiger partial charge in [-0.3, -0.25) is 23.2 Å². The van der Waals surface area contributed by atoms with Crippen LogP contribution < -0.4 is 11.4 Å². The molecule has 22 heteroatoms. The molecule has 2 heterocycles. The molecule has 0 aromatic carbocycles. The minimum Gasteiger partial charge on any atom is -0.462 e. The van der Waals surface area contributed by atoms with E-state index in [-0.39, 0.29) is 18.7 Å². The van der Waals surface area contributed by atoms with Crippen molar-refractivity contribution in [1.29, 1.82) is 0 Å². The Morgan fingerprint density at radius 1 is 0.736 bits per heavy atom. The first-order valence-corrected chi connectivity index (χ1v) is 28.5. The Kier molecular flexibility index (Phi) is 34.0. The highest BCUT2D eigenvalue weighted by atomic mass is 31.3. The number of nitrogens with zero attached hydrogens (tertiary/aromatic N) is 2. The predicted octanol–water partition coefficient (Wildman–Crippen LogP) is 8.28. The van der Waals surface area contributed by atoms with Gasteiger partial charge in [0.15, 0.2) is 12.3 Å². The normalized spacial score (nSPS) is 20.4. The third kappa shape index (κ3) is 29.9. The van der Waals surface area contributed by atoms with Crippen LogP contribution in [0, 0.1) is 0 Å². The van der Waals surface area contributed by atoms with Crippen molar-refractivity contribution in [3.05, 3.63) is 83.5 Å². The van der Waals surface area contributed by atoms with E-state index in [4.69, 9.17) is 29.0 Å². The fourth-order valence-corrected chi connectivity index (χ4v) is 9.32. The lowest BCUT2D eigenvalue weighted by molar-refractivity contribution is -0.161. The van der Waals surface area contributed by atoms with Crippen LogP contribution >= 0.6 is 15.6 Å². The van der Waals surface area contributed by atoms with E-state index < -0.39 is 95.9 Å². The van der Waals surface area contributed by atoms with Crippen molar-refractivity contribution in [1.82, 2.24) is 9.55 Å². The number of carbonyl (C=O) groups is 2. The number of phosphoric ester groups is 2. The first-order valence-electron chi connectivity index (χ1n) is 25.5. The maximum atomic E-state index is 12.9. The van der Waals surface area contributed by atoms with Crippen LogP contribution in [0.25, 0.3) is 0 Å². The molecular weight excluding hydrogens is 977 g/mol. The fourth-order valence-electron chi connectivity index (χ4n) is 7.21. The monoisotopic (exact) mass is 1060 g/mol. The number of phosphoric acid groups is 2. The number of anilines is 1. The Hall–Kier alpha value is -3.62. The summed E-state index contributed by atoms with van der Waals surface area (Å²) < 4.78 is 56.6. The van der Waals surface area contributed by atoms with Crippen molar-refractivity contribution in [3.63, 3.8) is 0 Å². The summed E-state index contributed by atoms with van der Waals surface area (Å²) in [7, 11) is -10.9. The Labute approximate surface area is 425 Å². The van der Waals surface area contributed by atoms with Crippen LogP contribution in [-0.4, -0.2) is 108 Å². The second-order valence-corrected chi connectivity index (χ2v) is 20.6. The van der Waals surface area contributed by atoms with Crippen LogP contribution in [0.3, 0.4) is 0 Å². The molecule has 0 saturated carbocycles. The number of esters is 2. The quantitative estimate of drug-likeness (QED) is 0.0140. The van der Waals surface area contributed by atoms with Gasteiger partial charge in [-0.1, -0.05) is 126 Å². The lowest BCUT2D eigenvalue weighted by Gasteiger charge is -2.21. The number of nitrogens with two attached hydrogens (primary N) is 1. The van der Waals surface area contributed by atoms with Crippen LogP contribution in [0.4, 0.5) is 5.82 Å². The number of nitrogen functional groups attached to an aromatic ring is 1. The van der Waals surface area contributed by atoms with Gasteiger partial charge in [-0.25, -0.2) is 13.9 Å². The second-order valence-electron chi connectivity index (χ2n) is 17.6. The average Bonchev–Trinajstić information content (AvgIpc) is 3.61. The van der Waals surface area contributed by atoms with Crippen LogP contribution in [0.5, 0.6) is 0 Å². The molecule has 1 fully saturated rings. The van der Waals surface area contributed by atoms with Gasteiger partial charge in [0.25, 0.3) is 0 Å². The summed E-state index contributed by atoms with van der Waals surface area (Å²) in [4.78, 5) is 61.9. The molecule has 9 atom stereocenters. The molecule has 1 aromatic heterocycles. The molecule has 8 N–H and O–H groups in total. The van der Waals surface area contributed by atoms with Gasteiger partial charge in [0.2, 0.25) is 0 Å². The molecule has 1 aromatic rings. The zero-order chi connectivity index (χ0) is 53.0. The maximum absolute atomic E-state index is 12.9. The van der Waals surface area contributed by atoms with Gasteiger partial charge in [0, 0.05) is 19.0 Å². The number of aliphatic hydroxyl groups excluding tert-OH is 4. The van der Waals surface area contributed by atoms with E-state index in [1.807, 2.05) is 12.2 Å². The number of allylic oxidation sites excluding steroid dienone is 9. The summed E-state index contributed by atoms with van der Waals surface area (Å²) in [5.74, 6) is -1.45. The van der Waals surface area contributed by atoms with Crippen LogP contribution in [0.1, 0.15) is 161 Å². The van der Waals surface area contributed by atoms with Gasteiger partial charge >= 0.3 is 33.3 Å². The highest BCUT2D eigenvalue weighted by Gasteiger charge is 2.46. The Bertz CT molecular complexity index is 1980. The van der Waals surface area contributed by atoms with Crippen molar-refractivity contribution in [2.75, 3.05) is 25.6 Å². The molecule has 1 saturated heterocycles. The van der Waals surface area contributed by atoms with Crippen molar-refractivity contribution >= 4 is 33.4 Å². The van der Waals surface area contributed by atoms with Gasteiger partial charge in [-0.15, -0.1) is 0 Å². The van der Waals surface area contributed by atoms with Crippen molar-refractivity contribution < 1.29 is 76.5 Å². The van der Waals surface area contributed by atoms with Crippen LogP contribution in [-0.2, 0) is 46.3 Å². The second kappa shape index (κ2) is 38.0. The lowest BCUT2D eigenvalue weighted by Crippen LogP contribution is -2.36. The molecule has 72 heavy (non-hydrogen) atoms. The number of ether oxygens (including phenoxy) is 3. The molecule has 0 aliphatic carbocycles. The van der Waals surface area contributed by atoms with Crippen LogP contribution in [0.15, 0.2) is 77.8 Å². The number of rotatable bonds is 41. The molecular formula is C50H83N3O17P2. The smallest absolute Gasteiger partial charge is 0.462 e. The SMILES string of the molecule is CC/C=C\C/C=C\C/C=C\C/C=C\CCCCCCC(=O)OC[C@H](COP(=O)(O)OP(=O)(O)OC[C@H]1O[C@@H](n2ccc(N)nc2=O)[C@H](O)[C@@H]1O)OC(=O)CCCCCCC[C@H](O)[C@@H](O)C/C=C\CCCCC. The number of carbonyl (C=O) groups excluding carboxylic acids is 2. The minimum absolute atomic E-state index is 0.0572. The number of aromatic nitrogens is 2. The zero-order valence-corrected chi connectivity index (χ0v) is 44.0. The van der Waals surface area contributed by atoms with Crippen LogP contribution in [0.2, 0.25) is 0 Å². The zero-order valence-electron chi connectivity index (χ0n) is 42.2. The van der Waals surface area contributed by atoms with Gasteiger partial charge in [0.1, 0.15) is 30.7 Å². The van der Waals surface area contributed by atoms with E-state index in [9.17, 15) is 53.7 Å². The van der Waals surface area contributed by atoms with Gasteiger partial charge in [0.05, 0.1) is 25.4 Å². The Morgan fingerprint density at radius 2 is 1.31 bits per heavy atom. The third-order valence-electron chi connectivity index (χ3n) is 11.3. The summed E-state index contributed by atoms with van der Waals surface area (Å²) in [6, 6.07) is 1.23. The molecule has 1 aliphatic heterocycles. The van der Waals surface area contributed by atoms with Gasteiger partial charge < -0.3 is 50.2 Å². The molecule has 0 radical (unpaired) electrons. The first kappa shape index (κ1) is 64.5. The van der Waals surface area contributed by atoms with Gasteiger partial charge in [-0.05, 0) is 83.1 Å². The minimum atomic E-state index is -5.47. The molecule has 0 spiro atoms. The number of hydrogen-bond donors (Lipinski definition) is 7. The molecule has 0 amide bonds. The number of aliphatic hydroxyl groups is 4. The molecule has 2 unspecified atom stereocenters. The predicted molar refractivity (Wildman–Crippen MR) is 273 cm³/mol. The van der Waals surface area contributed by atoms with E-state index in [0.29, 0.717) is 38.5 Å². The Balaban J connectivity index is 1.85. The maximum Gasteiger partial charge on any atom is 0.481 e. The molecule has 1 aliphatic rings. The number of unbranched alkanes of at least 4 members (excludes halogenated alkanes) is 11. The van der Waals surface area contributed by atoms with Crippen molar-refractivity contribution in [2.24, 2.45) is 0 Å². The topological polar surface area (TPSA) is 306 Å². The summed E-state index contributed by atoms with van der Waals surface area (Å²) in [5, 5.41) is 41.5. The van der Waals surface area contributed by atoms with E-state index in [0.717, 1.165) is 101 Å². The standard InChI is InChI=1S/C50H83N3O17P2/c1-3-5-7-9-11-12-13-14-15-16-17-18-19-20-21-25-29-33-45(56)65-37-40(68-46(57)34-30-26-22-24-28-32-42(55)41(54)31-27-23-10-8-6-4-2)38-66-71(61,62)70-72(63,64)67-39-43-47(58)48(59)49(69-43)53-36-35-44(51)52-50(53)60/h5,7,11-12,14-15,17-18,23,27,35-36,40-43,47-49,54-55,58-59H,3-4,6,8-10,13,16,19-22,24-26,28-34,37-39H2,1-2H3,(H,61,62)(H,63,64)(H2,51,52,60)/b7-5-,12-11-,15-14-,18-17-,27-23-/t40-,41+,42+,43-,47-,48-,49-/m1/s1. The highest BCUT2D eigenvalue weighted by molar-refractivity contribution is 7.61. The largest absolute Gasteiger partial charge is 0.481 e. The fraction of sp³-hybridized carbons (Fsp3) is 0.680. The Morgan fingerprint density at radius 3 is 1.96 bits per heavy atom. The summed E-state index contributed by atoms with van der Waals surface area (Å²) in [5.41, 5.74) is 4.57. The molecule has 410 valence electrons. The molecule has 0 bridgehead atoms. The highest BCUT2D eigenvalue weighted by Crippen LogP contribution is 2.60. The van der Waals surface area contributed by atoms with Crippen molar-refractivity contribution in [2.45, 2.75) is 198 Å². The number of hydrogen-bond acceptors (Lipinski definition) is 17. The summed E-state index contributed by atoms with van der Waals surface area (Å²) >= 11 is 0. The average molecular weight is 1060 g/mol. The molecule has 2 rings (SSSR count). The summed E-state index contributed by atoms with van der Waals surface area (Å²) in [6.07, 6.45) is 28.8. The summed E-state index contributed by atoms with van der Waals surface area (Å²) in [6.45, 7) is 1.80. The van der Waals surface area contributed by atoms with Gasteiger partial charge in [-0.2, -0.15) is 9.29 Å². The van der Waals surface area contributed by atoms with E-state index in [1.54, 1.807) is 0 Å². The third-order valence-corrected chi connectivity index (χ3v) is 13.9. The van der Waals surface area contributed by atoms with E-state index >= 15 is 0 Å². The van der Waals surface area contributed by atoms with Crippen molar-refractivity contribution in [3.8, 4) is 0 Å². The van der Waals surface area contributed by atoms with E-state index in [1.165, 1.54) is 6.07 Å². The lowest BCUT2D eigenvalue weighted by atomic mass is 10.0. The first-order chi connectivity index (χ1) is 34.5. The molecule has 20 nitrogen and oxygen atoms in total. The van der Waals surface area contributed by atoms with E-state index in [2.05, 4.69) is 71.8 Å².